The molecule has 90 valence electrons. The molecular formula is C12H26N2O. The standard InChI is InChI=1S/C12H26N2O/c1-4-14(5-2)9-10-15-11-12-7-6-8-13(12)3/h12H,4-11H2,1-3H3/t12-/m0/s1. The number of hydrogen-bond acceptors (Lipinski definition) is 3. The van der Waals surface area contributed by atoms with E-state index in [0.29, 0.717) is 6.04 Å². The minimum absolute atomic E-state index is 0.668. The average molecular weight is 214 g/mol. The van der Waals surface area contributed by atoms with Gasteiger partial charge in [-0.25, -0.2) is 0 Å². The fourth-order valence-corrected chi connectivity index (χ4v) is 2.14. The maximum absolute atomic E-state index is 5.74. The van der Waals surface area contributed by atoms with Gasteiger partial charge in [0.25, 0.3) is 0 Å². The highest BCUT2D eigenvalue weighted by atomic mass is 16.5. The second-order valence-electron chi connectivity index (χ2n) is 4.38. The van der Waals surface area contributed by atoms with E-state index >= 15 is 0 Å². The largest absolute Gasteiger partial charge is 0.378 e. The molecule has 0 amide bonds. The molecule has 0 unspecified atom stereocenters. The SMILES string of the molecule is CCN(CC)CCOC[C@@H]1CCCN1C. The zero-order chi connectivity index (χ0) is 11.1. The third kappa shape index (κ3) is 4.49. The number of rotatable bonds is 7. The van der Waals surface area contributed by atoms with E-state index in [1.54, 1.807) is 0 Å². The fraction of sp³-hybridized carbons (Fsp3) is 1.00. The van der Waals surface area contributed by atoms with Crippen LogP contribution in [-0.4, -0.2) is 62.3 Å². The first-order valence-electron chi connectivity index (χ1n) is 6.28. The Morgan fingerprint density at radius 2 is 2.07 bits per heavy atom. The summed E-state index contributed by atoms with van der Waals surface area (Å²) < 4.78 is 5.74. The topological polar surface area (TPSA) is 15.7 Å². The van der Waals surface area contributed by atoms with Crippen LogP contribution in [0.1, 0.15) is 26.7 Å². The van der Waals surface area contributed by atoms with E-state index in [2.05, 4.69) is 30.7 Å². The van der Waals surface area contributed by atoms with Gasteiger partial charge in [-0.1, -0.05) is 13.8 Å². The first kappa shape index (κ1) is 12.9. The molecule has 1 saturated heterocycles. The molecule has 1 heterocycles. The van der Waals surface area contributed by atoms with Crippen molar-refractivity contribution in [1.82, 2.24) is 9.80 Å². The van der Waals surface area contributed by atoms with Gasteiger partial charge in [0.1, 0.15) is 0 Å². The Morgan fingerprint density at radius 3 is 2.60 bits per heavy atom. The van der Waals surface area contributed by atoms with E-state index in [4.69, 9.17) is 4.74 Å². The molecular weight excluding hydrogens is 188 g/mol. The molecule has 0 saturated carbocycles. The summed E-state index contributed by atoms with van der Waals surface area (Å²) in [5.41, 5.74) is 0. The zero-order valence-electron chi connectivity index (χ0n) is 10.5. The summed E-state index contributed by atoms with van der Waals surface area (Å²) in [5, 5.41) is 0. The lowest BCUT2D eigenvalue weighted by Gasteiger charge is -2.21. The number of ether oxygens (including phenoxy) is 1. The molecule has 0 bridgehead atoms. The van der Waals surface area contributed by atoms with Gasteiger partial charge in [-0.2, -0.15) is 0 Å². The highest BCUT2D eigenvalue weighted by Gasteiger charge is 2.20. The lowest BCUT2D eigenvalue weighted by atomic mass is 10.2. The van der Waals surface area contributed by atoms with Crippen LogP contribution in [0, 0.1) is 0 Å². The number of nitrogens with zero attached hydrogens (tertiary/aromatic N) is 2. The van der Waals surface area contributed by atoms with Crippen molar-refractivity contribution >= 4 is 0 Å². The molecule has 0 N–H and O–H groups in total. The van der Waals surface area contributed by atoms with Gasteiger partial charge in [-0.3, -0.25) is 0 Å². The monoisotopic (exact) mass is 214 g/mol. The highest BCUT2D eigenvalue weighted by Crippen LogP contribution is 2.14. The van der Waals surface area contributed by atoms with Crippen LogP contribution in [-0.2, 0) is 4.74 Å². The minimum atomic E-state index is 0.668. The van der Waals surface area contributed by atoms with Gasteiger partial charge in [0.2, 0.25) is 0 Å². The maximum atomic E-state index is 5.74. The summed E-state index contributed by atoms with van der Waals surface area (Å²) in [4.78, 5) is 4.82. The Labute approximate surface area is 94.4 Å². The number of likely N-dealkylation sites (N-methyl/N-ethyl adjacent to an activating group) is 2. The summed E-state index contributed by atoms with van der Waals surface area (Å²) in [6.45, 7) is 10.8. The van der Waals surface area contributed by atoms with E-state index < -0.39 is 0 Å². The van der Waals surface area contributed by atoms with Crippen molar-refractivity contribution < 1.29 is 4.74 Å². The van der Waals surface area contributed by atoms with Gasteiger partial charge in [0.05, 0.1) is 13.2 Å². The molecule has 1 rings (SSSR count). The molecule has 0 aromatic heterocycles. The first-order valence-corrected chi connectivity index (χ1v) is 6.28. The quantitative estimate of drug-likeness (QED) is 0.596. The molecule has 1 atom stereocenters. The molecule has 0 aliphatic carbocycles. The molecule has 0 radical (unpaired) electrons. The third-order valence-corrected chi connectivity index (χ3v) is 3.43. The van der Waals surface area contributed by atoms with Gasteiger partial charge in [0.15, 0.2) is 0 Å². The predicted molar refractivity (Wildman–Crippen MR) is 64.3 cm³/mol. The first-order chi connectivity index (χ1) is 7.27. The third-order valence-electron chi connectivity index (χ3n) is 3.43. The molecule has 1 fully saturated rings. The van der Waals surface area contributed by atoms with E-state index in [0.717, 1.165) is 32.8 Å². The van der Waals surface area contributed by atoms with Gasteiger partial charge < -0.3 is 14.5 Å². The van der Waals surface area contributed by atoms with Crippen molar-refractivity contribution in [2.75, 3.05) is 46.4 Å². The van der Waals surface area contributed by atoms with Crippen LogP contribution in [0.2, 0.25) is 0 Å². The van der Waals surface area contributed by atoms with Crippen LogP contribution in [0.4, 0.5) is 0 Å². The van der Waals surface area contributed by atoms with Crippen LogP contribution in [0.3, 0.4) is 0 Å². The second-order valence-corrected chi connectivity index (χ2v) is 4.38. The van der Waals surface area contributed by atoms with Crippen molar-refractivity contribution in [3.05, 3.63) is 0 Å². The molecule has 1 aliphatic rings. The van der Waals surface area contributed by atoms with Crippen molar-refractivity contribution in [3.63, 3.8) is 0 Å². The average Bonchev–Trinajstić information content (AvgIpc) is 2.65. The van der Waals surface area contributed by atoms with Gasteiger partial charge in [-0.15, -0.1) is 0 Å². The number of hydrogen-bond donors (Lipinski definition) is 0. The minimum Gasteiger partial charge on any atom is -0.378 e. The van der Waals surface area contributed by atoms with Crippen LogP contribution >= 0.6 is 0 Å². The van der Waals surface area contributed by atoms with Crippen LogP contribution in [0.25, 0.3) is 0 Å². The molecule has 0 aromatic carbocycles. The highest BCUT2D eigenvalue weighted by molar-refractivity contribution is 4.75. The van der Waals surface area contributed by atoms with Crippen LogP contribution < -0.4 is 0 Å². The van der Waals surface area contributed by atoms with Crippen molar-refractivity contribution in [2.45, 2.75) is 32.7 Å². The van der Waals surface area contributed by atoms with Crippen molar-refractivity contribution in [2.24, 2.45) is 0 Å². The van der Waals surface area contributed by atoms with E-state index in [9.17, 15) is 0 Å². The van der Waals surface area contributed by atoms with Crippen LogP contribution in [0.15, 0.2) is 0 Å². The Kier molecular flexibility index (Phi) is 6.22. The predicted octanol–water partition coefficient (Wildman–Crippen LogP) is 1.44. The summed E-state index contributed by atoms with van der Waals surface area (Å²) >= 11 is 0. The Hall–Kier alpha value is -0.120. The van der Waals surface area contributed by atoms with Crippen molar-refractivity contribution in [1.29, 1.82) is 0 Å². The normalized spacial score (nSPS) is 22.8. The summed E-state index contributed by atoms with van der Waals surface area (Å²) in [7, 11) is 2.20. The van der Waals surface area contributed by atoms with E-state index in [-0.39, 0.29) is 0 Å². The molecule has 3 nitrogen and oxygen atoms in total. The van der Waals surface area contributed by atoms with E-state index in [1.165, 1.54) is 19.4 Å². The zero-order valence-corrected chi connectivity index (χ0v) is 10.5. The fourth-order valence-electron chi connectivity index (χ4n) is 2.14. The Morgan fingerprint density at radius 1 is 1.33 bits per heavy atom. The maximum Gasteiger partial charge on any atom is 0.0622 e. The van der Waals surface area contributed by atoms with Gasteiger partial charge >= 0.3 is 0 Å². The lowest BCUT2D eigenvalue weighted by molar-refractivity contribution is 0.0698. The Bertz CT molecular complexity index is 160. The van der Waals surface area contributed by atoms with E-state index in [1.807, 2.05) is 0 Å². The summed E-state index contributed by atoms with van der Waals surface area (Å²) in [6.07, 6.45) is 2.64. The van der Waals surface area contributed by atoms with Crippen molar-refractivity contribution in [3.8, 4) is 0 Å². The van der Waals surface area contributed by atoms with Gasteiger partial charge in [0, 0.05) is 12.6 Å². The molecule has 0 spiro atoms. The summed E-state index contributed by atoms with van der Waals surface area (Å²) in [6, 6.07) is 0.668. The summed E-state index contributed by atoms with van der Waals surface area (Å²) in [5.74, 6) is 0. The second kappa shape index (κ2) is 7.20. The smallest absolute Gasteiger partial charge is 0.0622 e. The molecule has 3 heteroatoms. The van der Waals surface area contributed by atoms with Gasteiger partial charge in [-0.05, 0) is 39.5 Å². The lowest BCUT2D eigenvalue weighted by Crippen LogP contribution is -2.32. The Balaban J connectivity index is 2.01. The molecule has 15 heavy (non-hydrogen) atoms. The number of likely N-dealkylation sites (tertiary alicyclic amines) is 1. The molecule has 1 aliphatic heterocycles. The van der Waals surface area contributed by atoms with Crippen LogP contribution in [0.5, 0.6) is 0 Å². The molecule has 0 aromatic rings.